The number of hydrogen-bond acceptors (Lipinski definition) is 9. The molecular weight excluding hydrogens is 638 g/mol. The SMILES string of the molecule is CCOC(=O)CNC(=O)NCc1cccc(-c2ccc([C@@H]3O[C@H](CN(C)C[C@@H](O)c4cccc(O)c4)C[C@H](c4ccc(CO)cc4)O3)cc2)c1. The van der Waals surface area contributed by atoms with Crippen LogP contribution in [0.5, 0.6) is 5.75 Å². The number of esters is 1. The van der Waals surface area contributed by atoms with Gasteiger partial charge in [-0.15, -0.1) is 0 Å². The number of hydrogen-bond donors (Lipinski definition) is 5. The molecule has 11 nitrogen and oxygen atoms in total. The number of likely N-dealkylation sites (N-methyl/N-ethyl adjacent to an activating group) is 1. The number of aliphatic hydroxyl groups excluding tert-OH is 2. The van der Waals surface area contributed by atoms with Crippen LogP contribution in [0.2, 0.25) is 0 Å². The number of ether oxygens (including phenoxy) is 3. The highest BCUT2D eigenvalue weighted by Gasteiger charge is 2.33. The summed E-state index contributed by atoms with van der Waals surface area (Å²) in [5.74, 6) is -0.382. The van der Waals surface area contributed by atoms with Crippen LogP contribution < -0.4 is 10.6 Å². The summed E-state index contributed by atoms with van der Waals surface area (Å²) in [5.41, 5.74) is 6.15. The third kappa shape index (κ3) is 10.4. The molecule has 4 atom stereocenters. The molecule has 0 spiro atoms. The van der Waals surface area contributed by atoms with Crippen LogP contribution in [-0.4, -0.2) is 71.6 Å². The number of carbonyl (C=O) groups is 2. The maximum atomic E-state index is 12.1. The second kappa shape index (κ2) is 17.7. The molecule has 5 N–H and O–H groups in total. The van der Waals surface area contributed by atoms with Crippen molar-refractivity contribution >= 4 is 12.0 Å². The zero-order valence-electron chi connectivity index (χ0n) is 28.3. The molecule has 0 aromatic heterocycles. The van der Waals surface area contributed by atoms with Gasteiger partial charge in [0.25, 0.3) is 0 Å². The lowest BCUT2D eigenvalue weighted by Crippen LogP contribution is -2.39. The van der Waals surface area contributed by atoms with E-state index in [9.17, 15) is 24.9 Å². The molecule has 1 aliphatic rings. The summed E-state index contributed by atoms with van der Waals surface area (Å²) in [5, 5.41) is 35.5. The first kappa shape index (κ1) is 36.5. The van der Waals surface area contributed by atoms with E-state index in [1.807, 2.05) is 84.7 Å². The second-order valence-electron chi connectivity index (χ2n) is 12.3. The Morgan fingerprint density at radius 1 is 0.900 bits per heavy atom. The number of phenolic OH excluding ortho intramolecular Hbond substituents is 1. The minimum absolute atomic E-state index is 0.0370. The number of urea groups is 1. The number of carbonyl (C=O) groups excluding carboxylic acids is 2. The van der Waals surface area contributed by atoms with E-state index in [-0.39, 0.29) is 44.3 Å². The topological polar surface area (TPSA) is 150 Å². The van der Waals surface area contributed by atoms with Gasteiger partial charge < -0.3 is 45.1 Å². The van der Waals surface area contributed by atoms with Crippen molar-refractivity contribution in [2.45, 2.75) is 51.1 Å². The van der Waals surface area contributed by atoms with Crippen LogP contribution in [0, 0.1) is 0 Å². The summed E-state index contributed by atoms with van der Waals surface area (Å²) in [6, 6.07) is 29.7. The summed E-state index contributed by atoms with van der Waals surface area (Å²) < 4.78 is 17.9. The maximum absolute atomic E-state index is 12.1. The Hall–Kier alpha value is -4.78. The molecule has 5 rings (SSSR count). The molecule has 0 radical (unpaired) electrons. The minimum atomic E-state index is -0.778. The van der Waals surface area contributed by atoms with Gasteiger partial charge in [0.15, 0.2) is 6.29 Å². The third-order valence-corrected chi connectivity index (χ3v) is 8.46. The molecule has 4 aromatic carbocycles. The zero-order valence-corrected chi connectivity index (χ0v) is 28.3. The van der Waals surface area contributed by atoms with E-state index in [0.717, 1.165) is 33.4 Å². The van der Waals surface area contributed by atoms with E-state index in [1.54, 1.807) is 31.2 Å². The van der Waals surface area contributed by atoms with Gasteiger partial charge in [0.2, 0.25) is 0 Å². The second-order valence-corrected chi connectivity index (χ2v) is 12.3. The van der Waals surface area contributed by atoms with E-state index in [4.69, 9.17) is 14.2 Å². The molecule has 0 saturated carbocycles. The predicted molar refractivity (Wildman–Crippen MR) is 188 cm³/mol. The number of amides is 2. The van der Waals surface area contributed by atoms with Crippen molar-refractivity contribution < 1.29 is 39.1 Å². The van der Waals surface area contributed by atoms with Crippen LogP contribution in [-0.2, 0) is 32.2 Å². The predicted octanol–water partition coefficient (Wildman–Crippen LogP) is 5.12. The highest BCUT2D eigenvalue weighted by molar-refractivity contribution is 5.80. The van der Waals surface area contributed by atoms with Gasteiger partial charge >= 0.3 is 12.0 Å². The standard InChI is InChI=1S/C39H45N3O8/c1-3-48-37(46)22-41-39(47)40-21-27-6-4-7-31(18-27)28-14-16-30(17-15-28)38-49-34(20-36(50-38)29-12-10-26(25-43)11-13-29)23-42(2)24-35(45)32-8-5-9-33(44)19-32/h4-19,34-36,38,43-45H,3,20-25H2,1-2H3,(H2,40,41,47)/t34-,35+,36+,38+/m0/s1. The minimum Gasteiger partial charge on any atom is -0.508 e. The fraction of sp³-hybridized carbons (Fsp3) is 0.333. The van der Waals surface area contributed by atoms with Crippen molar-refractivity contribution in [3.63, 3.8) is 0 Å². The van der Waals surface area contributed by atoms with Crippen LogP contribution in [0.1, 0.15) is 59.7 Å². The van der Waals surface area contributed by atoms with E-state index in [0.29, 0.717) is 25.1 Å². The van der Waals surface area contributed by atoms with Crippen molar-refractivity contribution in [1.82, 2.24) is 15.5 Å². The Balaban J connectivity index is 1.25. The van der Waals surface area contributed by atoms with Crippen LogP contribution in [0.15, 0.2) is 97.1 Å². The summed E-state index contributed by atoms with van der Waals surface area (Å²) >= 11 is 0. The van der Waals surface area contributed by atoms with E-state index in [2.05, 4.69) is 10.6 Å². The van der Waals surface area contributed by atoms with Crippen LogP contribution >= 0.6 is 0 Å². The average Bonchev–Trinajstić information content (AvgIpc) is 3.13. The molecule has 0 unspecified atom stereocenters. The quantitative estimate of drug-likeness (QED) is 0.114. The van der Waals surface area contributed by atoms with E-state index >= 15 is 0 Å². The summed E-state index contributed by atoms with van der Waals surface area (Å²) in [4.78, 5) is 25.6. The molecule has 4 aromatic rings. The summed E-state index contributed by atoms with van der Waals surface area (Å²) in [6.45, 7) is 2.91. The Labute approximate surface area is 292 Å². The molecule has 1 fully saturated rings. The van der Waals surface area contributed by atoms with Crippen LogP contribution in [0.4, 0.5) is 4.79 Å². The number of aliphatic hydroxyl groups is 2. The van der Waals surface area contributed by atoms with Gasteiger partial charge in [-0.2, -0.15) is 0 Å². The molecule has 11 heteroatoms. The average molecular weight is 684 g/mol. The monoisotopic (exact) mass is 683 g/mol. The fourth-order valence-corrected chi connectivity index (χ4v) is 5.89. The number of rotatable bonds is 14. The molecule has 1 saturated heterocycles. The molecular formula is C39H45N3O8. The van der Waals surface area contributed by atoms with Gasteiger partial charge in [-0.05, 0) is 65.6 Å². The molecule has 264 valence electrons. The molecule has 1 heterocycles. The van der Waals surface area contributed by atoms with Crippen molar-refractivity contribution in [2.75, 3.05) is 33.3 Å². The zero-order chi connectivity index (χ0) is 35.5. The molecule has 0 aliphatic carbocycles. The molecule has 2 amide bonds. The lowest BCUT2D eigenvalue weighted by atomic mass is 9.99. The normalized spacial score (nSPS) is 18.0. The lowest BCUT2D eigenvalue weighted by Gasteiger charge is -2.38. The first-order chi connectivity index (χ1) is 24.2. The van der Waals surface area contributed by atoms with Crippen molar-refractivity contribution in [1.29, 1.82) is 0 Å². The first-order valence-electron chi connectivity index (χ1n) is 16.7. The van der Waals surface area contributed by atoms with Crippen LogP contribution in [0.3, 0.4) is 0 Å². The smallest absolute Gasteiger partial charge is 0.325 e. The van der Waals surface area contributed by atoms with Crippen molar-refractivity contribution in [3.05, 3.63) is 125 Å². The Kier molecular flexibility index (Phi) is 13.0. The van der Waals surface area contributed by atoms with Gasteiger partial charge in [0.05, 0.1) is 31.5 Å². The van der Waals surface area contributed by atoms with Crippen molar-refractivity contribution in [3.8, 4) is 16.9 Å². The van der Waals surface area contributed by atoms with E-state index in [1.165, 1.54) is 0 Å². The van der Waals surface area contributed by atoms with Crippen LogP contribution in [0.25, 0.3) is 11.1 Å². The van der Waals surface area contributed by atoms with Gasteiger partial charge in [-0.1, -0.05) is 78.9 Å². The molecule has 1 aliphatic heterocycles. The highest BCUT2D eigenvalue weighted by Crippen LogP contribution is 2.38. The van der Waals surface area contributed by atoms with Gasteiger partial charge in [0, 0.05) is 31.6 Å². The largest absolute Gasteiger partial charge is 0.508 e. The summed E-state index contributed by atoms with van der Waals surface area (Å²) in [7, 11) is 1.93. The van der Waals surface area contributed by atoms with Crippen molar-refractivity contribution in [2.24, 2.45) is 0 Å². The van der Waals surface area contributed by atoms with Gasteiger partial charge in [0.1, 0.15) is 12.3 Å². The summed E-state index contributed by atoms with van der Waals surface area (Å²) in [6.07, 6.45) is -1.29. The Bertz CT molecular complexity index is 1700. The first-order valence-corrected chi connectivity index (χ1v) is 16.7. The number of benzene rings is 4. The lowest BCUT2D eigenvalue weighted by molar-refractivity contribution is -0.252. The number of aromatic hydroxyl groups is 1. The number of nitrogens with zero attached hydrogens (tertiary/aromatic N) is 1. The number of phenols is 1. The molecule has 0 bridgehead atoms. The van der Waals surface area contributed by atoms with Gasteiger partial charge in [-0.3, -0.25) is 4.79 Å². The fourth-order valence-electron chi connectivity index (χ4n) is 5.89. The molecule has 50 heavy (non-hydrogen) atoms. The van der Waals surface area contributed by atoms with Gasteiger partial charge in [-0.25, -0.2) is 4.79 Å². The Morgan fingerprint density at radius 3 is 2.36 bits per heavy atom. The van der Waals surface area contributed by atoms with E-state index < -0.39 is 24.4 Å². The maximum Gasteiger partial charge on any atom is 0.325 e. The Morgan fingerprint density at radius 2 is 1.64 bits per heavy atom. The number of nitrogens with one attached hydrogen (secondary N) is 2. The highest BCUT2D eigenvalue weighted by atomic mass is 16.7. The third-order valence-electron chi connectivity index (χ3n) is 8.46.